The van der Waals surface area contributed by atoms with Crippen LogP contribution in [0.3, 0.4) is 0 Å². The molecule has 1 saturated heterocycles. The van der Waals surface area contributed by atoms with E-state index in [0.29, 0.717) is 18.7 Å². The highest BCUT2D eigenvalue weighted by Crippen LogP contribution is 2.29. The van der Waals surface area contributed by atoms with Gasteiger partial charge in [0, 0.05) is 30.3 Å². The predicted octanol–water partition coefficient (Wildman–Crippen LogP) is 2.93. The van der Waals surface area contributed by atoms with E-state index in [1.807, 2.05) is 39.0 Å². The molecule has 2 rings (SSSR count). The van der Waals surface area contributed by atoms with Crippen LogP contribution < -0.4 is 10.2 Å². The molecular weight excluding hydrogens is 276 g/mol. The molecule has 5 heteroatoms. The van der Waals surface area contributed by atoms with E-state index in [1.165, 1.54) is 0 Å². The largest absolute Gasteiger partial charge is 0.326 e. The Morgan fingerprint density at radius 3 is 2.70 bits per heavy atom. The van der Waals surface area contributed by atoms with Gasteiger partial charge in [0.2, 0.25) is 11.8 Å². The molecule has 1 N–H and O–H groups in total. The minimum absolute atomic E-state index is 0.0282. The van der Waals surface area contributed by atoms with Crippen LogP contribution >= 0.6 is 11.6 Å². The van der Waals surface area contributed by atoms with E-state index < -0.39 is 0 Å². The first-order valence-electron chi connectivity index (χ1n) is 6.74. The molecule has 1 aliphatic heterocycles. The van der Waals surface area contributed by atoms with Crippen LogP contribution in [0.5, 0.6) is 0 Å². The van der Waals surface area contributed by atoms with Crippen LogP contribution in [-0.2, 0) is 9.59 Å². The fourth-order valence-electron chi connectivity index (χ4n) is 2.16. The summed E-state index contributed by atoms with van der Waals surface area (Å²) in [4.78, 5) is 25.4. The summed E-state index contributed by atoms with van der Waals surface area (Å²) in [5, 5.41) is 2.71. The summed E-state index contributed by atoms with van der Waals surface area (Å²) in [5.74, 6) is -0.0939. The van der Waals surface area contributed by atoms with E-state index in [9.17, 15) is 9.59 Å². The predicted molar refractivity (Wildman–Crippen MR) is 81.3 cm³/mol. The average Bonchev–Trinajstić information content (AvgIpc) is 2.70. The summed E-state index contributed by atoms with van der Waals surface area (Å²) in [6, 6.07) is 5.58. The smallest absolute Gasteiger partial charge is 0.228 e. The van der Waals surface area contributed by atoms with Crippen molar-refractivity contribution in [2.24, 2.45) is 5.92 Å². The van der Waals surface area contributed by atoms with E-state index in [2.05, 4.69) is 5.32 Å². The third-order valence-electron chi connectivity index (χ3n) is 3.37. The number of benzene rings is 1. The molecule has 1 aromatic rings. The summed E-state index contributed by atoms with van der Waals surface area (Å²) < 4.78 is 0. The van der Waals surface area contributed by atoms with Gasteiger partial charge in [-0.1, -0.05) is 19.9 Å². The first-order chi connectivity index (χ1) is 9.38. The number of carbonyl (C=O) groups excluding carboxylic acids is 2. The molecular formula is C15H19ClN2O2. The minimum Gasteiger partial charge on any atom is -0.326 e. The van der Waals surface area contributed by atoms with E-state index in [-0.39, 0.29) is 23.1 Å². The number of alkyl halides is 1. The number of hydrogen-bond acceptors (Lipinski definition) is 2. The maximum absolute atomic E-state index is 11.9. The number of nitrogens with zero attached hydrogens (tertiary/aromatic N) is 1. The van der Waals surface area contributed by atoms with E-state index >= 15 is 0 Å². The molecule has 1 unspecified atom stereocenters. The Morgan fingerprint density at radius 2 is 2.15 bits per heavy atom. The molecule has 4 nitrogen and oxygen atoms in total. The average molecular weight is 295 g/mol. The van der Waals surface area contributed by atoms with Gasteiger partial charge in [0.25, 0.3) is 0 Å². The van der Waals surface area contributed by atoms with Gasteiger partial charge in [-0.2, -0.15) is 0 Å². The van der Waals surface area contributed by atoms with Gasteiger partial charge in [-0.25, -0.2) is 0 Å². The lowest BCUT2D eigenvalue weighted by Gasteiger charge is -2.20. The first kappa shape index (κ1) is 14.9. The van der Waals surface area contributed by atoms with Gasteiger partial charge in [-0.05, 0) is 24.6 Å². The number of amides is 2. The van der Waals surface area contributed by atoms with Crippen LogP contribution in [0.15, 0.2) is 18.2 Å². The van der Waals surface area contributed by atoms with Crippen LogP contribution in [0.1, 0.15) is 25.8 Å². The topological polar surface area (TPSA) is 49.4 Å². The van der Waals surface area contributed by atoms with Crippen LogP contribution in [0.2, 0.25) is 0 Å². The molecule has 1 fully saturated rings. The number of hydrogen-bond donors (Lipinski definition) is 1. The fraction of sp³-hybridized carbons (Fsp3) is 0.467. The lowest BCUT2D eigenvalue weighted by atomic mass is 10.1. The monoisotopic (exact) mass is 294 g/mol. The molecule has 2 amide bonds. The van der Waals surface area contributed by atoms with Crippen LogP contribution in [0.4, 0.5) is 11.4 Å². The number of carbonyl (C=O) groups is 2. The van der Waals surface area contributed by atoms with Crippen molar-refractivity contribution < 1.29 is 9.59 Å². The summed E-state index contributed by atoms with van der Waals surface area (Å²) in [6.45, 7) is 6.14. The Kier molecular flexibility index (Phi) is 4.33. The highest BCUT2D eigenvalue weighted by Gasteiger charge is 2.30. The van der Waals surface area contributed by atoms with Crippen molar-refractivity contribution in [3.05, 3.63) is 23.8 Å². The Labute approximate surface area is 124 Å². The number of halogens is 1. The second-order valence-corrected chi connectivity index (χ2v) is 6.07. The summed E-state index contributed by atoms with van der Waals surface area (Å²) >= 11 is 6.04. The van der Waals surface area contributed by atoms with Gasteiger partial charge in [0.15, 0.2) is 0 Å². The lowest BCUT2D eigenvalue weighted by molar-refractivity contribution is -0.119. The van der Waals surface area contributed by atoms with Gasteiger partial charge >= 0.3 is 0 Å². The standard InChI is InChI=1S/C15H19ClN2O2/c1-9(2)15(20)17-12-5-4-10(3)13(7-12)18-8-11(16)6-14(18)19/h4-5,7,9,11H,6,8H2,1-3H3,(H,17,20). The molecule has 0 bridgehead atoms. The van der Waals surface area contributed by atoms with Crippen LogP contribution in [0.25, 0.3) is 0 Å². The van der Waals surface area contributed by atoms with Crippen LogP contribution in [-0.4, -0.2) is 23.7 Å². The van der Waals surface area contributed by atoms with Gasteiger partial charge < -0.3 is 10.2 Å². The van der Waals surface area contributed by atoms with Gasteiger partial charge in [-0.15, -0.1) is 11.6 Å². The summed E-state index contributed by atoms with van der Waals surface area (Å²) in [6.07, 6.45) is 0.365. The minimum atomic E-state index is -0.143. The zero-order valence-corrected chi connectivity index (χ0v) is 12.7. The molecule has 0 radical (unpaired) electrons. The van der Waals surface area contributed by atoms with Crippen molar-refractivity contribution in [2.45, 2.75) is 32.6 Å². The molecule has 1 heterocycles. The Bertz CT molecular complexity index is 543. The van der Waals surface area contributed by atoms with Crippen molar-refractivity contribution in [3.63, 3.8) is 0 Å². The lowest BCUT2D eigenvalue weighted by Crippen LogP contribution is -2.26. The molecule has 108 valence electrons. The second kappa shape index (κ2) is 5.83. The Balaban J connectivity index is 2.25. The highest BCUT2D eigenvalue weighted by molar-refractivity contribution is 6.24. The SMILES string of the molecule is Cc1ccc(NC(=O)C(C)C)cc1N1CC(Cl)CC1=O. The molecule has 0 spiro atoms. The Morgan fingerprint density at radius 1 is 1.45 bits per heavy atom. The van der Waals surface area contributed by atoms with Gasteiger partial charge in [0.1, 0.15) is 0 Å². The van der Waals surface area contributed by atoms with Crippen molar-refractivity contribution in [2.75, 3.05) is 16.8 Å². The maximum Gasteiger partial charge on any atom is 0.228 e. The normalized spacial score (nSPS) is 18.8. The molecule has 0 saturated carbocycles. The van der Waals surface area contributed by atoms with E-state index in [0.717, 1.165) is 11.3 Å². The molecule has 0 aromatic heterocycles. The number of nitrogens with one attached hydrogen (secondary N) is 1. The number of aryl methyl sites for hydroxylation is 1. The zero-order valence-electron chi connectivity index (χ0n) is 11.9. The molecule has 1 atom stereocenters. The second-order valence-electron chi connectivity index (χ2n) is 5.45. The third kappa shape index (κ3) is 3.12. The fourth-order valence-corrected chi connectivity index (χ4v) is 2.43. The van der Waals surface area contributed by atoms with Crippen molar-refractivity contribution >= 4 is 34.8 Å². The number of anilines is 2. The van der Waals surface area contributed by atoms with Gasteiger partial charge in [-0.3, -0.25) is 9.59 Å². The van der Waals surface area contributed by atoms with Crippen molar-refractivity contribution in [3.8, 4) is 0 Å². The van der Waals surface area contributed by atoms with Crippen molar-refractivity contribution in [1.82, 2.24) is 0 Å². The van der Waals surface area contributed by atoms with Crippen LogP contribution in [0, 0.1) is 12.8 Å². The molecule has 20 heavy (non-hydrogen) atoms. The van der Waals surface area contributed by atoms with E-state index in [1.54, 1.807) is 4.90 Å². The number of rotatable bonds is 3. The van der Waals surface area contributed by atoms with E-state index in [4.69, 9.17) is 11.6 Å². The summed E-state index contributed by atoms with van der Waals surface area (Å²) in [5.41, 5.74) is 2.52. The summed E-state index contributed by atoms with van der Waals surface area (Å²) in [7, 11) is 0. The quantitative estimate of drug-likeness (QED) is 0.871. The van der Waals surface area contributed by atoms with Gasteiger partial charge in [0.05, 0.1) is 5.38 Å². The highest BCUT2D eigenvalue weighted by atomic mass is 35.5. The zero-order chi connectivity index (χ0) is 14.9. The molecule has 1 aliphatic rings. The maximum atomic E-state index is 11.9. The third-order valence-corrected chi connectivity index (χ3v) is 3.66. The molecule has 0 aliphatic carbocycles. The molecule has 1 aromatic carbocycles. The Hall–Kier alpha value is -1.55. The van der Waals surface area contributed by atoms with Crippen molar-refractivity contribution in [1.29, 1.82) is 0 Å². The first-order valence-corrected chi connectivity index (χ1v) is 7.18.